The number of nitrogens with one attached hydrogen (secondary N) is 1. The first-order valence-electron chi connectivity index (χ1n) is 9.24. The first-order chi connectivity index (χ1) is 14.1. The van der Waals surface area contributed by atoms with Gasteiger partial charge in [0.05, 0.1) is 0 Å². The second-order valence-electron chi connectivity index (χ2n) is 6.61. The molecule has 0 radical (unpaired) electrons. The zero-order valence-electron chi connectivity index (χ0n) is 15.5. The molecule has 1 saturated heterocycles. The maximum absolute atomic E-state index is 11.7. The summed E-state index contributed by atoms with van der Waals surface area (Å²) in [6.45, 7) is 1.92. The maximum Gasteiger partial charge on any atom is 0.342 e. The summed E-state index contributed by atoms with van der Waals surface area (Å²) < 4.78 is 5.84. The fraction of sp³-hybridized carbons (Fsp3) is 0.250. The topological polar surface area (TPSA) is 95.2 Å². The molecule has 0 atom stereocenters. The predicted molar refractivity (Wildman–Crippen MR) is 113 cm³/mol. The molecule has 7 nitrogen and oxygen atoms in total. The van der Waals surface area contributed by atoms with Gasteiger partial charge < -0.3 is 14.4 Å². The molecule has 1 aliphatic rings. The number of carboxylic acid groups (broad SMARTS) is 1. The molecule has 0 saturated carbocycles. The van der Waals surface area contributed by atoms with Crippen LogP contribution < -0.4 is 4.90 Å². The van der Waals surface area contributed by atoms with Crippen molar-refractivity contribution in [3.63, 3.8) is 0 Å². The average molecular weight is 431 g/mol. The lowest BCUT2D eigenvalue weighted by atomic mass is 10.1. The van der Waals surface area contributed by atoms with Gasteiger partial charge in [-0.2, -0.15) is 0 Å². The first-order valence-corrected chi connectivity index (χ1v) is 10.4. The smallest absolute Gasteiger partial charge is 0.342 e. The van der Waals surface area contributed by atoms with Crippen LogP contribution in [0.4, 0.5) is 5.88 Å². The number of carbonyl (C=O) groups is 1. The number of hydrogen-bond acceptors (Lipinski definition) is 6. The Kier molecular flexibility index (Phi) is 5.92. The summed E-state index contributed by atoms with van der Waals surface area (Å²) in [6, 6.07) is 10.8. The molecule has 0 unspecified atom stereocenters. The van der Waals surface area contributed by atoms with Crippen molar-refractivity contribution < 1.29 is 14.3 Å². The van der Waals surface area contributed by atoms with E-state index in [-0.39, 0.29) is 4.91 Å². The standard InChI is InChI=1S/C20H19ClN4O3S/c21-14-6-4-13(5-7-14)18-22-20(24-23-18)29-16(19(26)27)12-15-8-9-17(28-15)25-10-2-1-3-11-25/h4-9,12H,1-3,10-11H2,(H,26,27)(H,22,23,24)/b16-12-. The van der Waals surface area contributed by atoms with Gasteiger partial charge in [0.15, 0.2) is 11.7 Å². The minimum Gasteiger partial charge on any atom is -0.477 e. The van der Waals surface area contributed by atoms with E-state index in [4.69, 9.17) is 16.0 Å². The van der Waals surface area contributed by atoms with Crippen LogP contribution in [0.3, 0.4) is 0 Å². The number of benzene rings is 1. The van der Waals surface area contributed by atoms with Gasteiger partial charge in [-0.05, 0) is 61.4 Å². The van der Waals surface area contributed by atoms with Crippen molar-refractivity contribution in [1.82, 2.24) is 15.2 Å². The summed E-state index contributed by atoms with van der Waals surface area (Å²) in [5, 5.41) is 17.5. The minimum atomic E-state index is -1.07. The fourth-order valence-corrected chi connectivity index (χ4v) is 3.91. The molecular weight excluding hydrogens is 412 g/mol. The van der Waals surface area contributed by atoms with Gasteiger partial charge >= 0.3 is 5.97 Å². The molecule has 3 aromatic rings. The van der Waals surface area contributed by atoms with Crippen molar-refractivity contribution in [3.05, 3.63) is 52.1 Å². The molecule has 29 heavy (non-hydrogen) atoms. The number of nitrogens with zero attached hydrogens (tertiary/aromatic N) is 3. The second-order valence-corrected chi connectivity index (χ2v) is 8.06. The number of piperidine rings is 1. The van der Waals surface area contributed by atoms with Crippen LogP contribution in [-0.2, 0) is 4.79 Å². The third-order valence-corrected chi connectivity index (χ3v) is 5.68. The molecule has 3 heterocycles. The number of H-pyrrole nitrogens is 1. The van der Waals surface area contributed by atoms with E-state index in [9.17, 15) is 9.90 Å². The van der Waals surface area contributed by atoms with Crippen LogP contribution in [0, 0.1) is 0 Å². The molecule has 2 N–H and O–H groups in total. The van der Waals surface area contributed by atoms with Crippen molar-refractivity contribution in [3.8, 4) is 11.4 Å². The zero-order chi connectivity index (χ0) is 20.2. The Hall–Kier alpha value is -2.71. The van der Waals surface area contributed by atoms with Gasteiger partial charge in [0.2, 0.25) is 5.16 Å². The maximum atomic E-state index is 11.7. The molecule has 0 aliphatic carbocycles. The van der Waals surface area contributed by atoms with Crippen LogP contribution in [0.1, 0.15) is 25.0 Å². The van der Waals surface area contributed by atoms with E-state index >= 15 is 0 Å². The van der Waals surface area contributed by atoms with Gasteiger partial charge in [-0.15, -0.1) is 5.10 Å². The van der Waals surface area contributed by atoms with Crippen molar-refractivity contribution in [2.45, 2.75) is 24.4 Å². The predicted octanol–water partition coefficient (Wildman–Crippen LogP) is 4.93. The summed E-state index contributed by atoms with van der Waals surface area (Å²) in [4.78, 5) is 18.3. The van der Waals surface area contributed by atoms with Crippen molar-refractivity contribution in [1.29, 1.82) is 0 Å². The molecule has 2 aromatic heterocycles. The van der Waals surface area contributed by atoms with Crippen molar-refractivity contribution >= 4 is 41.3 Å². The van der Waals surface area contributed by atoms with E-state index in [2.05, 4.69) is 20.1 Å². The highest BCUT2D eigenvalue weighted by molar-refractivity contribution is 8.04. The van der Waals surface area contributed by atoms with E-state index < -0.39 is 5.97 Å². The molecule has 9 heteroatoms. The Balaban J connectivity index is 1.50. The Morgan fingerprint density at radius 1 is 1.17 bits per heavy atom. The number of carboxylic acids is 1. The van der Waals surface area contributed by atoms with Gasteiger partial charge in [-0.1, -0.05) is 11.6 Å². The Labute approximate surface area is 176 Å². The van der Waals surface area contributed by atoms with Crippen LogP contribution in [0.2, 0.25) is 5.02 Å². The lowest BCUT2D eigenvalue weighted by Crippen LogP contribution is -2.28. The zero-order valence-corrected chi connectivity index (χ0v) is 17.0. The normalized spacial score (nSPS) is 14.9. The third kappa shape index (κ3) is 4.83. The second kappa shape index (κ2) is 8.75. The molecule has 4 rings (SSSR count). The quantitative estimate of drug-likeness (QED) is 0.423. The number of aromatic nitrogens is 3. The monoisotopic (exact) mass is 430 g/mol. The number of rotatable bonds is 6. The summed E-state index contributed by atoms with van der Waals surface area (Å²) in [5.41, 5.74) is 0.812. The van der Waals surface area contributed by atoms with E-state index in [1.165, 1.54) is 12.5 Å². The summed E-state index contributed by atoms with van der Waals surface area (Å²) in [5.74, 6) is 0.737. The minimum absolute atomic E-state index is 0.0752. The number of aliphatic carboxylic acids is 1. The van der Waals surface area contributed by atoms with Crippen LogP contribution >= 0.6 is 23.4 Å². The molecule has 0 amide bonds. The highest BCUT2D eigenvalue weighted by Gasteiger charge is 2.17. The number of thioether (sulfide) groups is 1. The van der Waals surface area contributed by atoms with Crippen LogP contribution in [-0.4, -0.2) is 39.3 Å². The SMILES string of the molecule is O=C(O)/C(=C/c1ccc(N2CCCCC2)o1)Sc1n[nH]c(-c2ccc(Cl)cc2)n1. The van der Waals surface area contributed by atoms with Gasteiger partial charge in [0.1, 0.15) is 10.7 Å². The molecule has 1 aliphatic heterocycles. The summed E-state index contributed by atoms with van der Waals surface area (Å²) >= 11 is 6.86. The summed E-state index contributed by atoms with van der Waals surface area (Å²) in [6.07, 6.45) is 5.02. The third-order valence-electron chi connectivity index (χ3n) is 4.55. The Bertz CT molecular complexity index is 1020. The van der Waals surface area contributed by atoms with E-state index in [0.717, 1.165) is 49.1 Å². The highest BCUT2D eigenvalue weighted by Crippen LogP contribution is 2.30. The van der Waals surface area contributed by atoms with E-state index in [0.29, 0.717) is 21.8 Å². The average Bonchev–Trinajstić information content (AvgIpc) is 3.39. The first kappa shape index (κ1) is 19.6. The van der Waals surface area contributed by atoms with Crippen LogP contribution in [0.15, 0.2) is 50.9 Å². The highest BCUT2D eigenvalue weighted by atomic mass is 35.5. The lowest BCUT2D eigenvalue weighted by molar-refractivity contribution is -0.131. The number of anilines is 1. The van der Waals surface area contributed by atoms with Gasteiger partial charge in [0, 0.05) is 35.8 Å². The largest absolute Gasteiger partial charge is 0.477 e. The number of halogens is 1. The van der Waals surface area contributed by atoms with E-state index in [1.54, 1.807) is 18.2 Å². The van der Waals surface area contributed by atoms with Gasteiger partial charge in [-0.3, -0.25) is 5.10 Å². The van der Waals surface area contributed by atoms with Crippen molar-refractivity contribution in [2.75, 3.05) is 18.0 Å². The molecule has 0 bridgehead atoms. The molecule has 1 fully saturated rings. The molecule has 150 valence electrons. The lowest BCUT2D eigenvalue weighted by Gasteiger charge is -2.25. The molecule has 0 spiro atoms. The Morgan fingerprint density at radius 3 is 2.66 bits per heavy atom. The van der Waals surface area contributed by atoms with E-state index in [1.807, 2.05) is 18.2 Å². The van der Waals surface area contributed by atoms with Crippen LogP contribution in [0.5, 0.6) is 0 Å². The van der Waals surface area contributed by atoms with Gasteiger partial charge in [0.25, 0.3) is 0 Å². The number of furan rings is 1. The molecule has 1 aromatic carbocycles. The number of aromatic amines is 1. The van der Waals surface area contributed by atoms with Crippen molar-refractivity contribution in [2.24, 2.45) is 0 Å². The summed E-state index contributed by atoms with van der Waals surface area (Å²) in [7, 11) is 0. The van der Waals surface area contributed by atoms with Crippen LogP contribution in [0.25, 0.3) is 17.5 Å². The molecular formula is C20H19ClN4O3S. The fourth-order valence-electron chi connectivity index (χ4n) is 3.10. The number of hydrogen-bond donors (Lipinski definition) is 2. The Morgan fingerprint density at radius 2 is 1.93 bits per heavy atom. The van der Waals surface area contributed by atoms with Gasteiger partial charge in [-0.25, -0.2) is 9.78 Å².